The average Bonchev–Trinajstić information content (AvgIpc) is 2.44. The Bertz CT molecular complexity index is 601. The molecule has 0 radical (unpaired) electrons. The summed E-state index contributed by atoms with van der Waals surface area (Å²) in [6.45, 7) is 0.778. The van der Waals surface area contributed by atoms with Crippen LogP contribution in [0.3, 0.4) is 0 Å². The third-order valence-electron chi connectivity index (χ3n) is 2.81. The predicted molar refractivity (Wildman–Crippen MR) is 78.3 cm³/mol. The summed E-state index contributed by atoms with van der Waals surface area (Å²) in [5.74, 6) is 0.157. The highest BCUT2D eigenvalue weighted by Crippen LogP contribution is 2.38. The van der Waals surface area contributed by atoms with Gasteiger partial charge in [0.1, 0.15) is 13.2 Å². The third-order valence-corrected chi connectivity index (χ3v) is 3.09. The van der Waals surface area contributed by atoms with E-state index in [2.05, 4.69) is 0 Å². The Labute approximate surface area is 127 Å². The summed E-state index contributed by atoms with van der Waals surface area (Å²) in [6.07, 6.45) is 2.93. The van der Waals surface area contributed by atoms with Gasteiger partial charge < -0.3 is 20.1 Å². The standard InChI is InChI=1S/C14H15ClN2O4/c1-17(8-12(16)18)13(19)3-2-9-6-10(15)14-11(7-9)20-4-5-21-14/h2-3,6-7H,4-5,8H2,1H3,(H2,16,18)/b3-2+. The highest BCUT2D eigenvalue weighted by atomic mass is 35.5. The molecule has 0 saturated carbocycles. The normalized spacial score (nSPS) is 13.2. The SMILES string of the molecule is CN(CC(N)=O)C(=O)/C=C/c1cc(Cl)c2c(c1)OCCO2. The molecule has 1 aromatic carbocycles. The van der Waals surface area contributed by atoms with Crippen LogP contribution in [0.1, 0.15) is 5.56 Å². The molecule has 0 aliphatic carbocycles. The van der Waals surface area contributed by atoms with Gasteiger partial charge >= 0.3 is 0 Å². The van der Waals surface area contributed by atoms with Crippen molar-refractivity contribution in [2.24, 2.45) is 5.73 Å². The van der Waals surface area contributed by atoms with Crippen LogP contribution < -0.4 is 15.2 Å². The van der Waals surface area contributed by atoms with Crippen molar-refractivity contribution in [2.75, 3.05) is 26.8 Å². The number of hydrogen-bond acceptors (Lipinski definition) is 4. The van der Waals surface area contributed by atoms with Gasteiger partial charge in [-0.3, -0.25) is 9.59 Å². The minimum absolute atomic E-state index is 0.134. The van der Waals surface area contributed by atoms with Crippen LogP contribution in [0.15, 0.2) is 18.2 Å². The van der Waals surface area contributed by atoms with Crippen LogP contribution >= 0.6 is 11.6 Å². The van der Waals surface area contributed by atoms with Gasteiger partial charge in [0.15, 0.2) is 11.5 Å². The highest BCUT2D eigenvalue weighted by molar-refractivity contribution is 6.32. The number of primary amides is 1. The van der Waals surface area contributed by atoms with Gasteiger partial charge in [-0.2, -0.15) is 0 Å². The maximum atomic E-state index is 11.8. The fourth-order valence-electron chi connectivity index (χ4n) is 1.83. The maximum absolute atomic E-state index is 11.8. The molecule has 0 fully saturated rings. The van der Waals surface area contributed by atoms with Crippen LogP contribution in [0.25, 0.3) is 6.08 Å². The monoisotopic (exact) mass is 310 g/mol. The first-order valence-electron chi connectivity index (χ1n) is 6.28. The van der Waals surface area contributed by atoms with Crippen LogP contribution in [0.4, 0.5) is 0 Å². The second kappa shape index (κ2) is 6.49. The molecule has 0 saturated heterocycles. The molecule has 2 amide bonds. The molecule has 1 heterocycles. The van der Waals surface area contributed by atoms with Gasteiger partial charge in [0, 0.05) is 13.1 Å². The Hall–Kier alpha value is -2.21. The first-order valence-corrected chi connectivity index (χ1v) is 6.66. The first kappa shape index (κ1) is 15.2. The molecular formula is C14H15ClN2O4. The lowest BCUT2D eigenvalue weighted by Gasteiger charge is -2.19. The molecule has 0 aromatic heterocycles. The van der Waals surface area contributed by atoms with Crippen molar-refractivity contribution in [3.63, 3.8) is 0 Å². The molecule has 0 unspecified atom stereocenters. The van der Waals surface area contributed by atoms with E-state index in [4.69, 9.17) is 26.8 Å². The summed E-state index contributed by atoms with van der Waals surface area (Å²) < 4.78 is 10.9. The third kappa shape index (κ3) is 3.88. The molecular weight excluding hydrogens is 296 g/mol. The number of likely N-dealkylation sites (N-methyl/N-ethyl adjacent to an activating group) is 1. The van der Waals surface area contributed by atoms with Crippen molar-refractivity contribution in [1.29, 1.82) is 0 Å². The Kier molecular flexibility index (Phi) is 4.70. The van der Waals surface area contributed by atoms with Crippen molar-refractivity contribution in [2.45, 2.75) is 0 Å². The van der Waals surface area contributed by atoms with Crippen molar-refractivity contribution < 1.29 is 19.1 Å². The molecule has 7 heteroatoms. The van der Waals surface area contributed by atoms with Crippen LogP contribution in [0.2, 0.25) is 5.02 Å². The highest BCUT2D eigenvalue weighted by Gasteiger charge is 2.16. The van der Waals surface area contributed by atoms with Crippen molar-refractivity contribution in [1.82, 2.24) is 4.90 Å². The summed E-state index contributed by atoms with van der Waals surface area (Å²) in [5, 5.41) is 0.421. The molecule has 1 aromatic rings. The summed E-state index contributed by atoms with van der Waals surface area (Å²) in [7, 11) is 1.49. The number of benzene rings is 1. The lowest BCUT2D eigenvalue weighted by molar-refractivity contribution is -0.129. The number of amides is 2. The predicted octanol–water partition coefficient (Wildman–Crippen LogP) is 1.07. The Morgan fingerprint density at radius 2 is 2.10 bits per heavy atom. The minimum atomic E-state index is -0.568. The molecule has 112 valence electrons. The van der Waals surface area contributed by atoms with Crippen LogP contribution in [-0.4, -0.2) is 43.5 Å². The minimum Gasteiger partial charge on any atom is -0.486 e. The Balaban J connectivity index is 2.12. The van der Waals surface area contributed by atoms with Gasteiger partial charge in [-0.05, 0) is 23.8 Å². The van der Waals surface area contributed by atoms with Crippen LogP contribution in [-0.2, 0) is 9.59 Å². The van der Waals surface area contributed by atoms with Gasteiger partial charge in [0.2, 0.25) is 11.8 Å². The number of halogens is 1. The van der Waals surface area contributed by atoms with Gasteiger partial charge in [-0.15, -0.1) is 0 Å². The van der Waals surface area contributed by atoms with Gasteiger partial charge in [-0.25, -0.2) is 0 Å². The number of hydrogen-bond donors (Lipinski definition) is 1. The van der Waals surface area contributed by atoms with E-state index in [-0.39, 0.29) is 12.5 Å². The maximum Gasteiger partial charge on any atom is 0.246 e. The molecule has 0 spiro atoms. The van der Waals surface area contributed by atoms with Gasteiger partial charge in [-0.1, -0.05) is 11.6 Å². The topological polar surface area (TPSA) is 81.9 Å². The average molecular weight is 311 g/mol. The number of carbonyl (C=O) groups excluding carboxylic acids is 2. The molecule has 2 rings (SSSR count). The second-order valence-electron chi connectivity index (χ2n) is 4.52. The van der Waals surface area contributed by atoms with E-state index in [1.54, 1.807) is 18.2 Å². The number of ether oxygens (including phenoxy) is 2. The lowest BCUT2D eigenvalue weighted by atomic mass is 10.1. The smallest absolute Gasteiger partial charge is 0.246 e. The number of nitrogens with zero attached hydrogens (tertiary/aromatic N) is 1. The fraction of sp³-hybridized carbons (Fsp3) is 0.286. The zero-order valence-corrected chi connectivity index (χ0v) is 12.2. The number of fused-ring (bicyclic) bond motifs is 1. The largest absolute Gasteiger partial charge is 0.486 e. The van der Waals surface area contributed by atoms with Crippen molar-refractivity contribution >= 4 is 29.5 Å². The molecule has 1 aliphatic rings. The Morgan fingerprint density at radius 1 is 1.38 bits per heavy atom. The van der Waals surface area contributed by atoms with E-state index in [9.17, 15) is 9.59 Å². The zero-order chi connectivity index (χ0) is 15.4. The quantitative estimate of drug-likeness (QED) is 0.843. The number of nitrogens with two attached hydrogens (primary N) is 1. The van der Waals surface area contributed by atoms with E-state index in [0.717, 1.165) is 0 Å². The summed E-state index contributed by atoms with van der Waals surface area (Å²) in [6, 6.07) is 3.41. The molecule has 0 bridgehead atoms. The molecule has 1 aliphatic heterocycles. The molecule has 6 nitrogen and oxygen atoms in total. The Morgan fingerprint density at radius 3 is 2.81 bits per heavy atom. The summed E-state index contributed by atoms with van der Waals surface area (Å²) >= 11 is 6.10. The molecule has 0 atom stereocenters. The fourth-order valence-corrected chi connectivity index (χ4v) is 2.11. The first-order chi connectivity index (χ1) is 9.97. The van der Waals surface area contributed by atoms with E-state index in [1.165, 1.54) is 18.0 Å². The number of carbonyl (C=O) groups is 2. The molecule has 21 heavy (non-hydrogen) atoms. The summed E-state index contributed by atoms with van der Waals surface area (Å²) in [5.41, 5.74) is 5.73. The van der Waals surface area contributed by atoms with Crippen molar-refractivity contribution in [3.05, 3.63) is 28.8 Å². The lowest BCUT2D eigenvalue weighted by Crippen LogP contribution is -2.34. The van der Waals surface area contributed by atoms with Crippen LogP contribution in [0.5, 0.6) is 11.5 Å². The molecule has 2 N–H and O–H groups in total. The number of rotatable bonds is 4. The van der Waals surface area contributed by atoms with Crippen molar-refractivity contribution in [3.8, 4) is 11.5 Å². The van der Waals surface area contributed by atoms with E-state index in [1.807, 2.05) is 0 Å². The van der Waals surface area contributed by atoms with Gasteiger partial charge in [0.05, 0.1) is 11.6 Å². The van der Waals surface area contributed by atoms with E-state index in [0.29, 0.717) is 35.3 Å². The van der Waals surface area contributed by atoms with E-state index < -0.39 is 5.91 Å². The zero-order valence-electron chi connectivity index (χ0n) is 11.5. The second-order valence-corrected chi connectivity index (χ2v) is 4.93. The summed E-state index contributed by atoms with van der Waals surface area (Å²) in [4.78, 5) is 23.7. The van der Waals surface area contributed by atoms with E-state index >= 15 is 0 Å². The van der Waals surface area contributed by atoms with Gasteiger partial charge in [0.25, 0.3) is 0 Å². The van der Waals surface area contributed by atoms with Crippen LogP contribution in [0, 0.1) is 0 Å².